The molecule has 1 N–H and O–H groups in total. The van der Waals surface area contributed by atoms with Gasteiger partial charge >= 0.3 is 12.1 Å². The molecule has 1 aromatic carbocycles. The molecule has 1 rings (SSSR count). The van der Waals surface area contributed by atoms with Gasteiger partial charge in [-0.3, -0.25) is 4.79 Å². The number of thiol groups is 1. The third kappa shape index (κ3) is 4.66. The molecule has 3 nitrogen and oxygen atoms in total. The van der Waals surface area contributed by atoms with E-state index in [9.17, 15) is 18.0 Å². The smallest absolute Gasteiger partial charge is 0.471 e. The van der Waals surface area contributed by atoms with Gasteiger partial charge in [0.2, 0.25) is 0 Å². The number of halogens is 3. The van der Waals surface area contributed by atoms with Crippen LogP contribution in [0.15, 0.2) is 23.1 Å². The number of rotatable bonds is 4. The second-order valence-corrected chi connectivity index (χ2v) is 4.56. The molecule has 7 heteroatoms. The van der Waals surface area contributed by atoms with Crippen LogP contribution in [0.2, 0.25) is 0 Å². The zero-order valence-corrected chi connectivity index (χ0v) is 11.3. The molecule has 1 aromatic rings. The van der Waals surface area contributed by atoms with Crippen LogP contribution in [-0.4, -0.2) is 25.2 Å². The molecule has 0 unspecified atom stereocenters. The van der Waals surface area contributed by atoms with Crippen molar-refractivity contribution in [3.05, 3.63) is 23.8 Å². The molecular weight excluding hydrogens is 279 g/mol. The van der Waals surface area contributed by atoms with Gasteiger partial charge < -0.3 is 10.1 Å². The predicted molar refractivity (Wildman–Crippen MR) is 67.6 cm³/mol. The van der Waals surface area contributed by atoms with E-state index in [0.29, 0.717) is 10.6 Å². The molecule has 0 aliphatic rings. The van der Waals surface area contributed by atoms with Crippen LogP contribution in [-0.2, 0) is 11.2 Å². The summed E-state index contributed by atoms with van der Waals surface area (Å²) in [6.07, 6.45) is -4.58. The summed E-state index contributed by atoms with van der Waals surface area (Å²) in [6.45, 7) is 1.51. The number of hydrogen-bond acceptors (Lipinski definition) is 3. The van der Waals surface area contributed by atoms with Gasteiger partial charge in [0.1, 0.15) is 5.75 Å². The Morgan fingerprint density at radius 2 is 2.11 bits per heavy atom. The van der Waals surface area contributed by atoms with Gasteiger partial charge in [-0.15, -0.1) is 12.6 Å². The van der Waals surface area contributed by atoms with Crippen LogP contribution in [0.1, 0.15) is 12.5 Å². The minimum Gasteiger partial charge on any atom is -0.496 e. The van der Waals surface area contributed by atoms with Crippen molar-refractivity contribution in [2.45, 2.75) is 30.5 Å². The van der Waals surface area contributed by atoms with E-state index in [2.05, 4.69) is 12.6 Å². The number of hydrogen-bond donors (Lipinski definition) is 2. The Hall–Kier alpha value is -1.37. The molecule has 0 saturated carbocycles. The molecule has 0 bridgehead atoms. The third-order valence-electron chi connectivity index (χ3n) is 2.42. The Morgan fingerprint density at radius 1 is 1.47 bits per heavy atom. The summed E-state index contributed by atoms with van der Waals surface area (Å²) in [5, 5.41) is 1.90. The van der Waals surface area contributed by atoms with Gasteiger partial charge in [0, 0.05) is 10.9 Å². The van der Waals surface area contributed by atoms with E-state index >= 15 is 0 Å². The highest BCUT2D eigenvalue weighted by atomic mass is 32.1. The fraction of sp³-hybridized carbons (Fsp3) is 0.417. The lowest BCUT2D eigenvalue weighted by Gasteiger charge is -2.16. The van der Waals surface area contributed by atoms with E-state index in [0.717, 1.165) is 5.56 Å². The zero-order chi connectivity index (χ0) is 14.6. The highest BCUT2D eigenvalue weighted by Crippen LogP contribution is 2.24. The average molecular weight is 293 g/mol. The highest BCUT2D eigenvalue weighted by molar-refractivity contribution is 7.80. The quantitative estimate of drug-likeness (QED) is 0.838. The molecule has 0 aliphatic heterocycles. The van der Waals surface area contributed by atoms with Crippen molar-refractivity contribution in [2.75, 3.05) is 7.11 Å². The number of methoxy groups -OCH3 is 1. The Morgan fingerprint density at radius 3 is 2.58 bits per heavy atom. The van der Waals surface area contributed by atoms with E-state index in [4.69, 9.17) is 4.74 Å². The largest absolute Gasteiger partial charge is 0.496 e. The van der Waals surface area contributed by atoms with Crippen LogP contribution in [0.3, 0.4) is 0 Å². The predicted octanol–water partition coefficient (Wildman–Crippen LogP) is 2.59. The van der Waals surface area contributed by atoms with E-state index < -0.39 is 18.1 Å². The van der Waals surface area contributed by atoms with E-state index in [1.807, 2.05) is 5.32 Å². The summed E-state index contributed by atoms with van der Waals surface area (Å²) < 4.78 is 41.2. The SMILES string of the molecule is COc1ccc(C[C@@H](C)NC(=O)C(F)(F)F)cc1S. The number of nitrogens with one attached hydrogen (secondary N) is 1. The van der Waals surface area contributed by atoms with Crippen LogP contribution in [0, 0.1) is 0 Å². The molecule has 1 atom stereocenters. The maximum absolute atomic E-state index is 12.1. The van der Waals surface area contributed by atoms with Crippen molar-refractivity contribution < 1.29 is 22.7 Å². The summed E-state index contributed by atoms with van der Waals surface area (Å²) >= 11 is 4.19. The first-order valence-electron chi connectivity index (χ1n) is 5.47. The molecule has 1 amide bonds. The Bertz CT molecular complexity index is 463. The Balaban J connectivity index is 2.65. The Labute approximate surface area is 114 Å². The molecule has 106 valence electrons. The average Bonchev–Trinajstić information content (AvgIpc) is 2.27. The maximum Gasteiger partial charge on any atom is 0.471 e. The van der Waals surface area contributed by atoms with Crippen LogP contribution < -0.4 is 10.1 Å². The fourth-order valence-electron chi connectivity index (χ4n) is 1.57. The van der Waals surface area contributed by atoms with Gasteiger partial charge in [-0.05, 0) is 31.0 Å². The number of amides is 1. The number of carbonyl (C=O) groups excluding carboxylic acids is 1. The first-order chi connectivity index (χ1) is 8.74. The minimum absolute atomic E-state index is 0.277. The maximum atomic E-state index is 12.1. The lowest BCUT2D eigenvalue weighted by Crippen LogP contribution is -2.42. The molecule has 0 fully saturated rings. The van der Waals surface area contributed by atoms with Crippen LogP contribution in [0.25, 0.3) is 0 Å². The second kappa shape index (κ2) is 6.18. The standard InChI is InChI=1S/C12H14F3NO2S/c1-7(16-11(17)12(13,14)15)5-8-3-4-9(18-2)10(19)6-8/h3-4,6-7,19H,5H2,1-2H3,(H,16,17)/t7-/m1/s1. The van der Waals surface area contributed by atoms with Crippen molar-refractivity contribution in [1.82, 2.24) is 5.32 Å². The molecule has 0 aromatic heterocycles. The van der Waals surface area contributed by atoms with Crippen LogP contribution >= 0.6 is 12.6 Å². The first-order valence-corrected chi connectivity index (χ1v) is 5.92. The summed E-state index contributed by atoms with van der Waals surface area (Å²) in [7, 11) is 1.50. The number of ether oxygens (including phenoxy) is 1. The second-order valence-electron chi connectivity index (χ2n) is 4.08. The van der Waals surface area contributed by atoms with Crippen molar-refractivity contribution >= 4 is 18.5 Å². The van der Waals surface area contributed by atoms with E-state index in [1.54, 1.807) is 18.2 Å². The summed E-state index contributed by atoms with van der Waals surface area (Å²) in [4.78, 5) is 11.4. The lowest BCUT2D eigenvalue weighted by molar-refractivity contribution is -0.174. The van der Waals surface area contributed by atoms with E-state index in [1.165, 1.54) is 14.0 Å². The van der Waals surface area contributed by atoms with Crippen LogP contribution in [0.5, 0.6) is 5.75 Å². The number of alkyl halides is 3. The Kier molecular flexibility index (Phi) is 5.11. The van der Waals surface area contributed by atoms with Gasteiger partial charge in [0.25, 0.3) is 0 Å². The van der Waals surface area contributed by atoms with Crippen molar-refractivity contribution in [3.63, 3.8) is 0 Å². The normalized spacial score (nSPS) is 12.9. The molecule has 0 spiro atoms. The zero-order valence-electron chi connectivity index (χ0n) is 10.4. The van der Waals surface area contributed by atoms with Crippen molar-refractivity contribution in [1.29, 1.82) is 0 Å². The van der Waals surface area contributed by atoms with Gasteiger partial charge in [-0.1, -0.05) is 6.07 Å². The molecular formula is C12H14F3NO2S. The van der Waals surface area contributed by atoms with Gasteiger partial charge in [0.15, 0.2) is 0 Å². The summed E-state index contributed by atoms with van der Waals surface area (Å²) in [5.41, 5.74) is 0.765. The molecule has 19 heavy (non-hydrogen) atoms. The minimum atomic E-state index is -4.86. The summed E-state index contributed by atoms with van der Waals surface area (Å²) in [5.74, 6) is -1.35. The van der Waals surface area contributed by atoms with Gasteiger partial charge in [-0.2, -0.15) is 13.2 Å². The first kappa shape index (κ1) is 15.7. The molecule has 0 saturated heterocycles. The summed E-state index contributed by atoms with van der Waals surface area (Å²) in [6, 6.07) is 4.46. The van der Waals surface area contributed by atoms with Crippen molar-refractivity contribution in [3.8, 4) is 5.75 Å². The van der Waals surface area contributed by atoms with Crippen LogP contribution in [0.4, 0.5) is 13.2 Å². The number of carbonyl (C=O) groups is 1. The molecule has 0 aliphatic carbocycles. The van der Waals surface area contributed by atoms with Crippen molar-refractivity contribution in [2.24, 2.45) is 0 Å². The number of benzene rings is 1. The van der Waals surface area contributed by atoms with Gasteiger partial charge in [-0.25, -0.2) is 0 Å². The fourth-order valence-corrected chi connectivity index (χ4v) is 1.90. The monoisotopic (exact) mass is 293 g/mol. The van der Waals surface area contributed by atoms with E-state index in [-0.39, 0.29) is 6.42 Å². The molecule has 0 heterocycles. The topological polar surface area (TPSA) is 38.3 Å². The third-order valence-corrected chi connectivity index (χ3v) is 2.77. The van der Waals surface area contributed by atoms with Gasteiger partial charge in [0.05, 0.1) is 7.11 Å². The highest BCUT2D eigenvalue weighted by Gasteiger charge is 2.39. The molecule has 0 radical (unpaired) electrons. The lowest BCUT2D eigenvalue weighted by atomic mass is 10.1.